The van der Waals surface area contributed by atoms with Gasteiger partial charge < -0.3 is 5.41 Å². The van der Waals surface area contributed by atoms with Crippen molar-refractivity contribution in [3.63, 3.8) is 0 Å². The van der Waals surface area contributed by atoms with E-state index in [0.29, 0.717) is 5.71 Å². The molecule has 0 saturated carbocycles. The summed E-state index contributed by atoms with van der Waals surface area (Å²) in [6.07, 6.45) is 1.12. The lowest BCUT2D eigenvalue weighted by molar-refractivity contribution is 0.834. The third kappa shape index (κ3) is 4.48. The molecule has 0 unspecified atom stereocenters. The molecule has 2 N–H and O–H groups in total. The first-order chi connectivity index (χ1) is 4.31. The Balaban J connectivity index is 3.46. The van der Waals surface area contributed by atoms with Crippen LogP contribution < -0.4 is 5.43 Å². The van der Waals surface area contributed by atoms with E-state index < -0.39 is 0 Å². The van der Waals surface area contributed by atoms with Crippen LogP contribution in [0.1, 0.15) is 6.92 Å². The minimum atomic E-state index is 0.186. The first-order valence-electron chi connectivity index (χ1n) is 2.46. The fraction of sp³-hybridized carbons (Fsp3) is 0.400. The minimum Gasteiger partial charge on any atom is -0.307 e. The predicted octanol–water partition coefficient (Wildman–Crippen LogP) is 0.125. The molecule has 0 spiro atoms. The van der Waals surface area contributed by atoms with E-state index in [4.69, 9.17) is 10.7 Å². The Kier molecular flexibility index (Phi) is 4.05. The van der Waals surface area contributed by atoms with Gasteiger partial charge in [-0.2, -0.15) is 10.4 Å². The monoisotopic (exact) mass is 124 g/mol. The van der Waals surface area contributed by atoms with Crippen LogP contribution in [0.2, 0.25) is 0 Å². The largest absolute Gasteiger partial charge is 0.307 e. The molecule has 0 aromatic heterocycles. The highest BCUT2D eigenvalue weighted by Gasteiger charge is 1.78. The van der Waals surface area contributed by atoms with Gasteiger partial charge in [-0.1, -0.05) is 0 Å². The van der Waals surface area contributed by atoms with Crippen LogP contribution in [0.3, 0.4) is 0 Å². The SMILES string of the molecule is C/C(C=N)=N/NCC#N. The summed E-state index contributed by atoms with van der Waals surface area (Å²) in [4.78, 5) is 0. The lowest BCUT2D eigenvalue weighted by atomic mass is 10.5. The molecule has 4 heteroatoms. The van der Waals surface area contributed by atoms with E-state index >= 15 is 0 Å². The quantitative estimate of drug-likeness (QED) is 0.243. The Morgan fingerprint density at radius 1 is 2.00 bits per heavy atom. The van der Waals surface area contributed by atoms with Crippen molar-refractivity contribution >= 4 is 11.9 Å². The van der Waals surface area contributed by atoms with Crippen LogP contribution in [0, 0.1) is 16.7 Å². The Morgan fingerprint density at radius 3 is 3.11 bits per heavy atom. The van der Waals surface area contributed by atoms with Crippen LogP contribution in [0.25, 0.3) is 0 Å². The van der Waals surface area contributed by atoms with Crippen molar-refractivity contribution in [3.8, 4) is 6.07 Å². The number of nitriles is 1. The topological polar surface area (TPSA) is 72.0 Å². The van der Waals surface area contributed by atoms with Gasteiger partial charge in [-0.3, -0.25) is 5.43 Å². The van der Waals surface area contributed by atoms with Gasteiger partial charge in [-0.05, 0) is 6.92 Å². The van der Waals surface area contributed by atoms with Gasteiger partial charge >= 0.3 is 0 Å². The Bertz CT molecular complexity index is 153. The molecule has 0 radical (unpaired) electrons. The average Bonchev–Trinajstić information content (AvgIpc) is 1.89. The van der Waals surface area contributed by atoms with Gasteiger partial charge in [0.15, 0.2) is 0 Å². The summed E-state index contributed by atoms with van der Waals surface area (Å²) in [5.41, 5.74) is 3.02. The van der Waals surface area contributed by atoms with Crippen LogP contribution in [0.5, 0.6) is 0 Å². The van der Waals surface area contributed by atoms with E-state index in [0.717, 1.165) is 6.21 Å². The van der Waals surface area contributed by atoms with Crippen molar-refractivity contribution in [2.75, 3.05) is 6.54 Å². The van der Waals surface area contributed by atoms with E-state index in [-0.39, 0.29) is 6.54 Å². The highest BCUT2D eigenvalue weighted by atomic mass is 15.3. The van der Waals surface area contributed by atoms with Crippen LogP contribution in [-0.2, 0) is 0 Å². The summed E-state index contributed by atoms with van der Waals surface area (Å²) < 4.78 is 0. The highest BCUT2D eigenvalue weighted by molar-refractivity contribution is 6.28. The Labute approximate surface area is 53.7 Å². The van der Waals surface area contributed by atoms with Crippen molar-refractivity contribution in [2.45, 2.75) is 6.92 Å². The van der Waals surface area contributed by atoms with E-state index in [2.05, 4.69) is 10.5 Å². The minimum absolute atomic E-state index is 0.186. The summed E-state index contributed by atoms with van der Waals surface area (Å²) in [5, 5.41) is 18.3. The van der Waals surface area contributed by atoms with Gasteiger partial charge in [0.1, 0.15) is 6.54 Å². The van der Waals surface area contributed by atoms with E-state index in [1.807, 2.05) is 6.07 Å². The zero-order chi connectivity index (χ0) is 7.11. The lowest BCUT2D eigenvalue weighted by Crippen LogP contribution is -2.08. The summed E-state index contributed by atoms with van der Waals surface area (Å²) in [6, 6.07) is 1.85. The molecule has 0 aliphatic rings. The smallest absolute Gasteiger partial charge is 0.120 e. The van der Waals surface area contributed by atoms with Gasteiger partial charge in [0, 0.05) is 6.21 Å². The molecule has 0 saturated heterocycles. The molecule has 0 heterocycles. The highest BCUT2D eigenvalue weighted by Crippen LogP contribution is 1.65. The van der Waals surface area contributed by atoms with Gasteiger partial charge in [0.2, 0.25) is 0 Å². The molecule has 0 aliphatic carbocycles. The molecular formula is C5H8N4. The molecule has 9 heavy (non-hydrogen) atoms. The van der Waals surface area contributed by atoms with Gasteiger partial charge in [-0.25, -0.2) is 0 Å². The second-order valence-electron chi connectivity index (χ2n) is 1.39. The van der Waals surface area contributed by atoms with Crippen molar-refractivity contribution in [1.29, 1.82) is 10.7 Å². The number of hydrogen-bond donors (Lipinski definition) is 2. The van der Waals surface area contributed by atoms with E-state index in [1.165, 1.54) is 0 Å². The van der Waals surface area contributed by atoms with Gasteiger partial charge in [-0.15, -0.1) is 0 Å². The van der Waals surface area contributed by atoms with Crippen molar-refractivity contribution in [3.05, 3.63) is 0 Å². The van der Waals surface area contributed by atoms with Crippen LogP contribution in [0.15, 0.2) is 5.10 Å². The zero-order valence-corrected chi connectivity index (χ0v) is 5.18. The third-order valence-electron chi connectivity index (χ3n) is 0.622. The maximum atomic E-state index is 8.01. The molecular weight excluding hydrogens is 116 g/mol. The Hall–Kier alpha value is -1.37. The fourth-order valence-electron chi connectivity index (χ4n) is 0.232. The molecule has 0 fully saturated rings. The number of nitrogens with zero attached hydrogens (tertiary/aromatic N) is 2. The van der Waals surface area contributed by atoms with Crippen molar-refractivity contribution in [1.82, 2.24) is 5.43 Å². The van der Waals surface area contributed by atoms with Crippen LogP contribution in [0.4, 0.5) is 0 Å². The summed E-state index contributed by atoms with van der Waals surface area (Å²) in [5.74, 6) is 0. The average molecular weight is 124 g/mol. The van der Waals surface area contributed by atoms with Gasteiger partial charge in [0.25, 0.3) is 0 Å². The number of nitrogens with one attached hydrogen (secondary N) is 2. The molecule has 0 aliphatic heterocycles. The van der Waals surface area contributed by atoms with E-state index in [1.54, 1.807) is 6.92 Å². The summed E-state index contributed by atoms with van der Waals surface area (Å²) in [7, 11) is 0. The maximum absolute atomic E-state index is 8.01. The fourth-order valence-corrected chi connectivity index (χ4v) is 0.232. The van der Waals surface area contributed by atoms with Crippen molar-refractivity contribution in [2.24, 2.45) is 5.10 Å². The second-order valence-corrected chi connectivity index (χ2v) is 1.39. The number of hydrogen-bond acceptors (Lipinski definition) is 4. The van der Waals surface area contributed by atoms with Crippen molar-refractivity contribution < 1.29 is 0 Å². The first kappa shape index (κ1) is 7.63. The molecule has 0 aromatic rings. The molecule has 0 rings (SSSR count). The maximum Gasteiger partial charge on any atom is 0.120 e. The first-order valence-corrected chi connectivity index (χ1v) is 2.46. The summed E-state index contributed by atoms with van der Waals surface area (Å²) in [6.45, 7) is 1.86. The van der Waals surface area contributed by atoms with Crippen LogP contribution in [-0.4, -0.2) is 18.5 Å². The second kappa shape index (κ2) is 4.78. The molecule has 4 nitrogen and oxygen atoms in total. The predicted molar refractivity (Wildman–Crippen MR) is 35.5 cm³/mol. The third-order valence-corrected chi connectivity index (χ3v) is 0.622. The molecule has 48 valence electrons. The van der Waals surface area contributed by atoms with Gasteiger partial charge in [0.05, 0.1) is 11.8 Å². The summed E-state index contributed by atoms with van der Waals surface area (Å²) >= 11 is 0. The molecule has 0 bridgehead atoms. The number of hydrazone groups is 1. The van der Waals surface area contributed by atoms with Crippen LogP contribution >= 0.6 is 0 Å². The molecule has 0 atom stereocenters. The standard InChI is InChI=1S/C5H8N4/c1-5(4-7)9-8-3-2-6/h4,7-8H,3H2,1H3/b7-4?,9-5-. The zero-order valence-electron chi connectivity index (χ0n) is 5.18. The normalized spacial score (nSPS) is 10.0. The molecule has 0 amide bonds. The number of rotatable bonds is 3. The van der Waals surface area contributed by atoms with E-state index in [9.17, 15) is 0 Å². The molecule has 0 aromatic carbocycles. The Morgan fingerprint density at radius 2 is 2.67 bits per heavy atom. The lowest BCUT2D eigenvalue weighted by Gasteiger charge is -1.89.